The average Bonchev–Trinajstić information content (AvgIpc) is 2.56. The predicted molar refractivity (Wildman–Crippen MR) is 118 cm³/mol. The Hall–Kier alpha value is 0.759. The van der Waals surface area contributed by atoms with Crippen molar-refractivity contribution in [2.24, 2.45) is 11.3 Å². The summed E-state index contributed by atoms with van der Waals surface area (Å²) >= 11 is -2.18. The van der Waals surface area contributed by atoms with E-state index in [-0.39, 0.29) is 0 Å². The molecule has 1 aliphatic rings. The summed E-state index contributed by atoms with van der Waals surface area (Å²) in [6, 6.07) is 0.781. The fourth-order valence-electron chi connectivity index (χ4n) is 5.27. The second kappa shape index (κ2) is 10.9. The van der Waals surface area contributed by atoms with Crippen molar-refractivity contribution in [3.63, 3.8) is 0 Å². The van der Waals surface area contributed by atoms with E-state index in [1.54, 1.807) is 13.3 Å². The van der Waals surface area contributed by atoms with E-state index in [1.807, 2.05) is 0 Å². The van der Waals surface area contributed by atoms with Crippen molar-refractivity contribution in [3.8, 4) is 0 Å². The molecule has 150 valence electrons. The molecular weight excluding hydrogens is 409 g/mol. The number of unbranched alkanes of at least 4 members (excludes halogenated alkanes) is 3. The van der Waals surface area contributed by atoms with Crippen molar-refractivity contribution in [2.75, 3.05) is 7.05 Å². The molecule has 0 aromatic carbocycles. The molecule has 0 aromatic rings. The molecule has 0 spiro atoms. The molecule has 2 heteroatoms. The molecule has 1 saturated heterocycles. The van der Waals surface area contributed by atoms with Crippen LogP contribution < -0.4 is 0 Å². The SMILES string of the molecule is CCC[CH2][Sn]([CH2]CCC)([CH2]CCC)[C@@H]1C[C@@H](C(C)(C)C)C[C@@H](C)N1C. The second-order valence-electron chi connectivity index (χ2n) is 10.2. The second-order valence-corrected chi connectivity index (χ2v) is 24.2. The number of rotatable bonds is 10. The van der Waals surface area contributed by atoms with E-state index in [0.717, 1.165) is 16.0 Å². The topological polar surface area (TPSA) is 3.24 Å². The van der Waals surface area contributed by atoms with Gasteiger partial charge in [-0.05, 0) is 0 Å². The molecule has 0 radical (unpaired) electrons. The maximum atomic E-state index is 2.89. The van der Waals surface area contributed by atoms with Gasteiger partial charge in [0.25, 0.3) is 0 Å². The Bertz CT molecular complexity index is 338. The molecule has 0 unspecified atom stereocenters. The van der Waals surface area contributed by atoms with Gasteiger partial charge in [0.15, 0.2) is 0 Å². The summed E-state index contributed by atoms with van der Waals surface area (Å²) in [5.74, 6) is 0.921. The van der Waals surface area contributed by atoms with E-state index in [4.69, 9.17) is 0 Å². The van der Waals surface area contributed by atoms with Gasteiger partial charge in [-0.25, -0.2) is 0 Å². The zero-order chi connectivity index (χ0) is 19.1. The van der Waals surface area contributed by atoms with Gasteiger partial charge in [0.2, 0.25) is 0 Å². The van der Waals surface area contributed by atoms with Crippen LogP contribution in [0.4, 0.5) is 0 Å². The van der Waals surface area contributed by atoms with Crippen molar-refractivity contribution < 1.29 is 0 Å². The van der Waals surface area contributed by atoms with Gasteiger partial charge < -0.3 is 0 Å². The van der Waals surface area contributed by atoms with Crippen molar-refractivity contribution in [1.82, 2.24) is 4.90 Å². The Kier molecular flexibility index (Phi) is 10.4. The van der Waals surface area contributed by atoms with E-state index < -0.39 is 18.4 Å². The van der Waals surface area contributed by atoms with Gasteiger partial charge in [0.05, 0.1) is 0 Å². The zero-order valence-electron chi connectivity index (χ0n) is 19.0. The minimum absolute atomic E-state index is 0.478. The third-order valence-electron chi connectivity index (χ3n) is 7.34. The van der Waals surface area contributed by atoms with E-state index >= 15 is 0 Å². The summed E-state index contributed by atoms with van der Waals surface area (Å²) in [4.78, 5) is 2.89. The molecule has 0 N–H and O–H groups in total. The molecule has 0 aromatic heterocycles. The number of likely N-dealkylation sites (tertiary alicyclic amines) is 1. The normalized spacial score (nSPS) is 26.2. The Morgan fingerprint density at radius 3 is 1.64 bits per heavy atom. The van der Waals surface area contributed by atoms with Crippen LogP contribution in [0.1, 0.15) is 99.8 Å². The number of hydrogen-bond donors (Lipinski definition) is 0. The summed E-state index contributed by atoms with van der Waals surface area (Å²) in [5.41, 5.74) is 0.478. The Balaban J connectivity index is 3.16. The molecule has 1 nitrogen and oxygen atoms in total. The van der Waals surface area contributed by atoms with Crippen LogP contribution in [-0.4, -0.2) is 40.4 Å². The van der Waals surface area contributed by atoms with E-state index in [0.29, 0.717) is 5.41 Å². The fraction of sp³-hybridized carbons (Fsp3) is 1.00. The van der Waals surface area contributed by atoms with Crippen LogP contribution in [-0.2, 0) is 0 Å². The first-order chi connectivity index (χ1) is 11.7. The monoisotopic (exact) mass is 459 g/mol. The van der Waals surface area contributed by atoms with Crippen molar-refractivity contribution in [2.45, 2.75) is 123 Å². The summed E-state index contributed by atoms with van der Waals surface area (Å²) in [5, 5.41) is 0. The molecule has 0 amide bonds. The van der Waals surface area contributed by atoms with Gasteiger partial charge in [-0.15, -0.1) is 0 Å². The zero-order valence-corrected chi connectivity index (χ0v) is 21.8. The summed E-state index contributed by atoms with van der Waals surface area (Å²) in [6.45, 7) is 17.2. The van der Waals surface area contributed by atoms with Gasteiger partial charge in [-0.1, -0.05) is 0 Å². The van der Waals surface area contributed by atoms with Gasteiger partial charge in [0.1, 0.15) is 0 Å². The maximum absolute atomic E-state index is 2.89. The molecule has 1 rings (SSSR count). The average molecular weight is 458 g/mol. The Morgan fingerprint density at radius 1 is 0.840 bits per heavy atom. The third kappa shape index (κ3) is 6.70. The van der Waals surface area contributed by atoms with Crippen LogP contribution in [0, 0.1) is 11.3 Å². The molecule has 1 heterocycles. The molecule has 25 heavy (non-hydrogen) atoms. The first-order valence-electron chi connectivity index (χ1n) is 11.4. The van der Waals surface area contributed by atoms with E-state index in [9.17, 15) is 0 Å². The first kappa shape index (κ1) is 23.8. The van der Waals surface area contributed by atoms with Crippen molar-refractivity contribution in [3.05, 3.63) is 0 Å². The minimum atomic E-state index is -2.18. The van der Waals surface area contributed by atoms with Gasteiger partial charge in [-0.3, -0.25) is 0 Å². The third-order valence-corrected chi connectivity index (χ3v) is 24.8. The van der Waals surface area contributed by atoms with Crippen LogP contribution in [0.15, 0.2) is 0 Å². The van der Waals surface area contributed by atoms with Crippen LogP contribution in [0.5, 0.6) is 0 Å². The summed E-state index contributed by atoms with van der Waals surface area (Å²) in [7, 11) is 2.49. The quantitative estimate of drug-likeness (QED) is 0.306. The van der Waals surface area contributed by atoms with Gasteiger partial charge >= 0.3 is 165 Å². The summed E-state index contributed by atoms with van der Waals surface area (Å²) in [6.07, 6.45) is 11.6. The van der Waals surface area contributed by atoms with Crippen LogP contribution in [0.2, 0.25) is 13.3 Å². The Morgan fingerprint density at radius 2 is 1.28 bits per heavy atom. The molecule has 0 bridgehead atoms. The molecule has 0 aliphatic carbocycles. The number of hydrogen-bond acceptors (Lipinski definition) is 1. The van der Waals surface area contributed by atoms with Gasteiger partial charge in [0, 0.05) is 0 Å². The van der Waals surface area contributed by atoms with Crippen LogP contribution in [0.3, 0.4) is 0 Å². The molecular formula is C23H49NSn. The number of nitrogens with zero attached hydrogens (tertiary/aromatic N) is 1. The molecule has 0 saturated carbocycles. The predicted octanol–water partition coefficient (Wildman–Crippen LogP) is 7.52. The number of piperidine rings is 1. The van der Waals surface area contributed by atoms with E-state index in [2.05, 4.69) is 60.4 Å². The first-order valence-corrected chi connectivity index (χ1v) is 19.1. The van der Waals surface area contributed by atoms with E-state index in [1.165, 1.54) is 51.4 Å². The van der Waals surface area contributed by atoms with Crippen molar-refractivity contribution in [1.29, 1.82) is 0 Å². The Labute approximate surface area is 164 Å². The standard InChI is InChI=1S/C11H22N.3C4H9.Sn/c1-9-8-10(11(2,3)4)6-7-12(9)5;3*1-3-4-2;/h7,9-10H,6,8H2,1-5H3;3*1,3-4H2,2H3;/t9-,10-;;;;/m1..../s1. The molecule has 1 fully saturated rings. The molecule has 1 aliphatic heterocycles. The van der Waals surface area contributed by atoms with Crippen molar-refractivity contribution >= 4 is 18.4 Å². The summed E-state index contributed by atoms with van der Waals surface area (Å²) < 4.78 is 5.96. The molecule has 3 atom stereocenters. The van der Waals surface area contributed by atoms with Crippen LogP contribution >= 0.6 is 0 Å². The van der Waals surface area contributed by atoms with Crippen LogP contribution in [0.25, 0.3) is 0 Å². The van der Waals surface area contributed by atoms with Gasteiger partial charge in [-0.2, -0.15) is 0 Å². The fourth-order valence-corrected chi connectivity index (χ4v) is 24.7.